The Morgan fingerprint density at radius 2 is 1.97 bits per heavy atom. The number of esters is 1. The van der Waals surface area contributed by atoms with Gasteiger partial charge in [-0.15, -0.1) is 18.3 Å². The minimum absolute atomic E-state index is 0.172. The lowest BCUT2D eigenvalue weighted by molar-refractivity contribution is -0.155. The number of carbonyl (C=O) groups excluding carboxylic acids is 3. The first-order valence-corrected chi connectivity index (χ1v) is 13.6. The summed E-state index contributed by atoms with van der Waals surface area (Å²) in [5, 5.41) is 10.6. The van der Waals surface area contributed by atoms with Crippen LogP contribution in [0.4, 0.5) is 0 Å². The number of thioether (sulfide) groups is 1. The Bertz CT molecular complexity index is 1040. The summed E-state index contributed by atoms with van der Waals surface area (Å²) < 4.78 is 4.21. The normalized spacial score (nSPS) is 31.8. The Balaban J connectivity index is 1.89. The third-order valence-corrected chi connectivity index (χ3v) is 10.1. The van der Waals surface area contributed by atoms with Crippen molar-refractivity contribution < 1.29 is 24.2 Å². The first kappa shape index (κ1) is 26.7. The minimum atomic E-state index is -0.821. The molecular weight excluding hydrogens is 476 g/mol. The molecule has 196 valence electrons. The molecule has 3 aliphatic heterocycles. The highest BCUT2D eigenvalue weighted by Crippen LogP contribution is 2.72. The predicted molar refractivity (Wildman–Crippen MR) is 140 cm³/mol. The van der Waals surface area contributed by atoms with E-state index < -0.39 is 39.0 Å². The predicted octanol–water partition coefficient (Wildman–Crippen LogP) is 3.58. The molecule has 2 bridgehead atoms. The quantitative estimate of drug-likeness (QED) is 0.422. The van der Waals surface area contributed by atoms with Gasteiger partial charge in [-0.3, -0.25) is 14.4 Å². The van der Waals surface area contributed by atoms with E-state index in [1.807, 2.05) is 58.0 Å². The van der Waals surface area contributed by atoms with Crippen LogP contribution in [0, 0.1) is 11.8 Å². The number of hydrogen-bond donors (Lipinski definition) is 1. The molecular formula is C28H38N2O5S. The van der Waals surface area contributed by atoms with Gasteiger partial charge in [0.1, 0.15) is 6.04 Å². The summed E-state index contributed by atoms with van der Waals surface area (Å²) >= 11 is 1.61. The molecule has 1 N–H and O–H groups in total. The Labute approximate surface area is 218 Å². The average Bonchev–Trinajstić information content (AvgIpc) is 3.39. The van der Waals surface area contributed by atoms with E-state index in [0.29, 0.717) is 19.4 Å². The van der Waals surface area contributed by atoms with E-state index >= 15 is 0 Å². The molecule has 7 nitrogen and oxygen atoms in total. The van der Waals surface area contributed by atoms with Crippen molar-refractivity contribution in [1.29, 1.82) is 0 Å². The van der Waals surface area contributed by atoms with Crippen molar-refractivity contribution in [3.05, 3.63) is 48.6 Å². The summed E-state index contributed by atoms with van der Waals surface area (Å²) in [4.78, 5) is 45.4. The van der Waals surface area contributed by atoms with E-state index in [1.165, 1.54) is 0 Å². The van der Waals surface area contributed by atoms with Crippen LogP contribution in [0.15, 0.2) is 43.0 Å². The molecule has 1 spiro atoms. The highest BCUT2D eigenvalue weighted by atomic mass is 32.2. The van der Waals surface area contributed by atoms with Crippen molar-refractivity contribution in [2.45, 2.75) is 74.6 Å². The number of fused-ring (bicyclic) bond motifs is 1. The molecule has 4 rings (SSSR count). The van der Waals surface area contributed by atoms with Gasteiger partial charge >= 0.3 is 5.97 Å². The number of rotatable bonds is 8. The second-order valence-electron chi connectivity index (χ2n) is 11.2. The van der Waals surface area contributed by atoms with Crippen LogP contribution in [0.3, 0.4) is 0 Å². The molecule has 0 aromatic heterocycles. The first-order chi connectivity index (χ1) is 17.0. The third-order valence-electron chi connectivity index (χ3n) is 8.07. The number of carbonyl (C=O) groups is 3. The lowest BCUT2D eigenvalue weighted by atomic mass is 9.66. The van der Waals surface area contributed by atoms with Crippen molar-refractivity contribution in [1.82, 2.24) is 9.80 Å². The molecule has 0 aliphatic carbocycles. The Morgan fingerprint density at radius 1 is 1.31 bits per heavy atom. The zero-order valence-electron chi connectivity index (χ0n) is 21.9. The summed E-state index contributed by atoms with van der Waals surface area (Å²) in [5.41, 5.74) is 0.244. The molecule has 6 atom stereocenters. The van der Waals surface area contributed by atoms with Crippen LogP contribution in [-0.4, -0.2) is 73.5 Å². The van der Waals surface area contributed by atoms with Crippen molar-refractivity contribution >= 4 is 29.5 Å². The van der Waals surface area contributed by atoms with Crippen LogP contribution in [0.5, 0.6) is 0 Å². The number of aliphatic hydroxyl groups excluding tert-OH is 1. The lowest BCUT2D eigenvalue weighted by Crippen LogP contribution is -2.59. The average molecular weight is 515 g/mol. The van der Waals surface area contributed by atoms with Gasteiger partial charge in [0.05, 0.1) is 35.8 Å². The van der Waals surface area contributed by atoms with Crippen molar-refractivity contribution in [3.63, 3.8) is 0 Å². The van der Waals surface area contributed by atoms with Crippen LogP contribution in [0.2, 0.25) is 0 Å². The maximum Gasteiger partial charge on any atom is 0.311 e. The van der Waals surface area contributed by atoms with E-state index in [-0.39, 0.29) is 31.0 Å². The lowest BCUT2D eigenvalue weighted by Gasteiger charge is -2.43. The maximum atomic E-state index is 14.5. The van der Waals surface area contributed by atoms with Crippen LogP contribution >= 0.6 is 11.8 Å². The second-order valence-corrected chi connectivity index (χ2v) is 13.1. The van der Waals surface area contributed by atoms with Gasteiger partial charge in [0, 0.05) is 16.8 Å². The topological polar surface area (TPSA) is 87.2 Å². The van der Waals surface area contributed by atoms with Crippen molar-refractivity contribution in [2.75, 3.05) is 19.8 Å². The van der Waals surface area contributed by atoms with Gasteiger partial charge < -0.3 is 19.6 Å². The first-order valence-electron chi connectivity index (χ1n) is 12.7. The van der Waals surface area contributed by atoms with Crippen LogP contribution < -0.4 is 0 Å². The fraction of sp³-hybridized carbons (Fsp3) is 0.607. The van der Waals surface area contributed by atoms with E-state index in [9.17, 15) is 19.5 Å². The van der Waals surface area contributed by atoms with E-state index in [0.717, 1.165) is 5.56 Å². The number of ether oxygens (including phenoxy) is 1. The Morgan fingerprint density at radius 3 is 2.53 bits per heavy atom. The summed E-state index contributed by atoms with van der Waals surface area (Å²) in [6.07, 6.45) is 3.06. The number of aliphatic hydroxyl groups is 1. The zero-order valence-corrected chi connectivity index (χ0v) is 22.7. The molecule has 2 amide bonds. The van der Waals surface area contributed by atoms with Gasteiger partial charge in [0.2, 0.25) is 11.8 Å². The maximum absolute atomic E-state index is 14.5. The van der Waals surface area contributed by atoms with Crippen LogP contribution in [-0.2, 0) is 19.1 Å². The largest absolute Gasteiger partial charge is 0.466 e. The van der Waals surface area contributed by atoms with Gasteiger partial charge in [0.15, 0.2) is 0 Å². The molecule has 2 unspecified atom stereocenters. The van der Waals surface area contributed by atoms with Crippen LogP contribution in [0.1, 0.15) is 59.1 Å². The van der Waals surface area contributed by atoms with Gasteiger partial charge in [-0.1, -0.05) is 36.4 Å². The summed E-state index contributed by atoms with van der Waals surface area (Å²) in [6, 6.07) is 7.79. The van der Waals surface area contributed by atoms with Gasteiger partial charge in [-0.2, -0.15) is 0 Å². The van der Waals surface area contributed by atoms with Crippen LogP contribution in [0.25, 0.3) is 0 Å². The second kappa shape index (κ2) is 9.53. The number of amides is 2. The smallest absolute Gasteiger partial charge is 0.311 e. The van der Waals surface area contributed by atoms with E-state index in [4.69, 9.17) is 4.74 Å². The molecule has 1 aromatic carbocycles. The fourth-order valence-corrected chi connectivity index (χ4v) is 8.89. The number of hydrogen-bond acceptors (Lipinski definition) is 6. The highest BCUT2D eigenvalue weighted by molar-refractivity contribution is 8.02. The minimum Gasteiger partial charge on any atom is -0.466 e. The van der Waals surface area contributed by atoms with Gasteiger partial charge in [-0.25, -0.2) is 0 Å². The molecule has 1 aromatic rings. The van der Waals surface area contributed by atoms with Crippen molar-refractivity contribution in [2.24, 2.45) is 11.8 Å². The molecule has 0 saturated carbocycles. The highest BCUT2D eigenvalue weighted by Gasteiger charge is 2.78. The Hall–Kier alpha value is -2.32. The molecule has 3 saturated heterocycles. The molecule has 0 radical (unpaired) electrons. The van der Waals surface area contributed by atoms with Crippen molar-refractivity contribution in [3.8, 4) is 0 Å². The standard InChI is InChI=1S/C28H38N2O5S/c1-7-16-29(26(3,4)5)24(33)22-28-15-14-27(6,36-28)21(25(34)35-8-2)20(28)23(32)30(22)19(17-31)18-12-10-9-11-13-18/h7,9-13,19-22,31H,1,8,14-17H2,2-6H3/t19-,20+,21+,22?,27-,28?/m1/s1. The number of likely N-dealkylation sites (tertiary alicyclic amines) is 1. The van der Waals surface area contributed by atoms with E-state index in [2.05, 4.69) is 6.58 Å². The summed E-state index contributed by atoms with van der Waals surface area (Å²) in [6.45, 7) is 13.8. The van der Waals surface area contributed by atoms with Gasteiger partial charge in [0.25, 0.3) is 0 Å². The number of benzene rings is 1. The van der Waals surface area contributed by atoms with Gasteiger partial charge in [-0.05, 0) is 53.0 Å². The third kappa shape index (κ3) is 3.97. The molecule has 8 heteroatoms. The monoisotopic (exact) mass is 514 g/mol. The summed E-state index contributed by atoms with van der Waals surface area (Å²) in [7, 11) is 0. The molecule has 36 heavy (non-hydrogen) atoms. The molecule has 3 heterocycles. The SMILES string of the molecule is C=CCN(C(=O)C1N([C@H](CO)c2ccccc2)C(=O)[C@@H]2[C@@H](C(=O)OCC)[C@@]3(C)CCC12S3)C(C)(C)C. The zero-order chi connectivity index (χ0) is 26.5. The fourth-order valence-electron chi connectivity index (χ4n) is 6.57. The van der Waals surface area contributed by atoms with E-state index in [1.54, 1.807) is 34.6 Å². The molecule has 3 fully saturated rings. The Kier molecular flexibility index (Phi) is 7.07. The summed E-state index contributed by atoms with van der Waals surface area (Å²) in [5.74, 6) is -2.12. The number of nitrogens with zero attached hydrogens (tertiary/aromatic N) is 2. The molecule has 3 aliphatic rings.